The fourth-order valence-electron chi connectivity index (χ4n) is 1.54. The van der Waals surface area contributed by atoms with Crippen molar-refractivity contribution >= 4 is 33.3 Å². The second kappa shape index (κ2) is 5.35. The van der Waals surface area contributed by atoms with E-state index in [1.54, 1.807) is 0 Å². The van der Waals surface area contributed by atoms with Crippen molar-refractivity contribution in [2.24, 2.45) is 0 Å². The highest BCUT2D eigenvalue weighted by molar-refractivity contribution is 9.10. The topological polar surface area (TPSA) is 17.1 Å². The van der Waals surface area contributed by atoms with Crippen LogP contribution in [0.1, 0.15) is 15.9 Å². The van der Waals surface area contributed by atoms with Crippen LogP contribution in [0.3, 0.4) is 0 Å². The summed E-state index contributed by atoms with van der Waals surface area (Å²) >= 11 is 8.77. The van der Waals surface area contributed by atoms with Crippen molar-refractivity contribution in [2.75, 3.05) is 0 Å². The number of hydrogen-bond donors (Lipinski definition) is 0. The second-order valence-corrected chi connectivity index (χ2v) is 4.99. The fraction of sp³-hybridized carbons (Fsp3) is 0. The number of halogens is 5. The van der Waals surface area contributed by atoms with Crippen LogP contribution in [0, 0.1) is 17.5 Å². The zero-order chi connectivity index (χ0) is 14.2. The van der Waals surface area contributed by atoms with Crippen LogP contribution in [-0.4, -0.2) is 5.78 Å². The molecule has 2 aromatic rings. The molecule has 0 atom stereocenters. The Morgan fingerprint density at radius 1 is 1.00 bits per heavy atom. The minimum atomic E-state index is -0.910. The Labute approximate surface area is 120 Å². The van der Waals surface area contributed by atoms with Crippen LogP contribution in [0.15, 0.2) is 34.8 Å². The summed E-state index contributed by atoms with van der Waals surface area (Å²) in [6.07, 6.45) is 0. The Kier molecular flexibility index (Phi) is 3.96. The Hall–Kier alpha value is -1.33. The minimum Gasteiger partial charge on any atom is -0.288 e. The maximum atomic E-state index is 13.7. The van der Waals surface area contributed by atoms with Gasteiger partial charge in [-0.15, -0.1) is 0 Å². The van der Waals surface area contributed by atoms with E-state index in [9.17, 15) is 18.0 Å². The van der Waals surface area contributed by atoms with Crippen molar-refractivity contribution in [1.82, 2.24) is 0 Å². The van der Waals surface area contributed by atoms with Crippen LogP contribution in [0.2, 0.25) is 5.02 Å². The zero-order valence-electron chi connectivity index (χ0n) is 9.18. The number of hydrogen-bond acceptors (Lipinski definition) is 1. The molecule has 0 spiro atoms. The highest BCUT2D eigenvalue weighted by Gasteiger charge is 2.17. The first-order chi connectivity index (χ1) is 8.88. The van der Waals surface area contributed by atoms with Gasteiger partial charge in [0.1, 0.15) is 17.5 Å². The van der Waals surface area contributed by atoms with Crippen LogP contribution >= 0.6 is 27.5 Å². The molecule has 2 rings (SSSR count). The number of ketones is 1. The number of carbonyl (C=O) groups is 1. The molecule has 0 heterocycles. The molecule has 0 aliphatic heterocycles. The van der Waals surface area contributed by atoms with E-state index in [2.05, 4.69) is 15.9 Å². The number of benzene rings is 2. The molecule has 0 aliphatic carbocycles. The van der Waals surface area contributed by atoms with Gasteiger partial charge in [0.05, 0.1) is 10.6 Å². The quantitative estimate of drug-likeness (QED) is 0.565. The predicted molar refractivity (Wildman–Crippen MR) is 68.9 cm³/mol. The normalized spacial score (nSPS) is 10.6. The summed E-state index contributed by atoms with van der Waals surface area (Å²) in [5.41, 5.74) is -0.631. The first-order valence-electron chi connectivity index (χ1n) is 5.04. The van der Waals surface area contributed by atoms with Gasteiger partial charge in [0.25, 0.3) is 0 Å². The van der Waals surface area contributed by atoms with E-state index >= 15 is 0 Å². The molecule has 0 aromatic heterocycles. The molecule has 0 fully saturated rings. The van der Waals surface area contributed by atoms with Crippen molar-refractivity contribution in [3.05, 3.63) is 68.4 Å². The van der Waals surface area contributed by atoms with Gasteiger partial charge in [-0.3, -0.25) is 4.79 Å². The van der Waals surface area contributed by atoms with Crippen LogP contribution in [0.5, 0.6) is 0 Å². The largest absolute Gasteiger partial charge is 0.288 e. The van der Waals surface area contributed by atoms with E-state index < -0.39 is 23.2 Å². The Bertz CT molecular complexity index is 653. The lowest BCUT2D eigenvalue weighted by Gasteiger charge is -2.05. The van der Waals surface area contributed by atoms with Gasteiger partial charge in [-0.05, 0) is 40.2 Å². The molecule has 0 aliphatic rings. The van der Waals surface area contributed by atoms with E-state index in [0.29, 0.717) is 6.07 Å². The van der Waals surface area contributed by atoms with E-state index in [4.69, 9.17) is 11.6 Å². The second-order valence-electron chi connectivity index (χ2n) is 3.73. The van der Waals surface area contributed by atoms with E-state index in [1.807, 2.05) is 0 Å². The summed E-state index contributed by atoms with van der Waals surface area (Å²) in [7, 11) is 0. The van der Waals surface area contributed by atoms with Crippen LogP contribution in [-0.2, 0) is 0 Å². The maximum Gasteiger partial charge on any atom is 0.196 e. The van der Waals surface area contributed by atoms with Gasteiger partial charge in [0, 0.05) is 16.1 Å². The molecule has 19 heavy (non-hydrogen) atoms. The zero-order valence-corrected chi connectivity index (χ0v) is 11.5. The van der Waals surface area contributed by atoms with Crippen LogP contribution in [0.4, 0.5) is 13.2 Å². The summed E-state index contributed by atoms with van der Waals surface area (Å²) in [6.45, 7) is 0. The maximum absolute atomic E-state index is 13.7. The van der Waals surface area contributed by atoms with Crippen molar-refractivity contribution in [3.8, 4) is 0 Å². The summed E-state index contributed by atoms with van der Waals surface area (Å²) in [4.78, 5) is 12.0. The number of carbonyl (C=O) groups excluding carboxylic acids is 1. The van der Waals surface area contributed by atoms with Crippen molar-refractivity contribution < 1.29 is 18.0 Å². The summed E-state index contributed by atoms with van der Waals surface area (Å²) in [6, 6.07) is 4.42. The molecule has 0 amide bonds. The summed E-state index contributed by atoms with van der Waals surface area (Å²) in [5, 5.41) is 0.127. The first kappa shape index (κ1) is 14.1. The summed E-state index contributed by atoms with van der Waals surface area (Å²) in [5.74, 6) is -3.49. The molecule has 98 valence electrons. The minimum absolute atomic E-state index is 0.127. The average molecular weight is 350 g/mol. The molecule has 0 N–H and O–H groups in total. The van der Waals surface area contributed by atoms with E-state index in [-0.39, 0.29) is 20.6 Å². The molecule has 1 nitrogen and oxygen atoms in total. The molecule has 0 radical (unpaired) electrons. The Morgan fingerprint density at radius 2 is 1.58 bits per heavy atom. The molecule has 0 saturated carbocycles. The van der Waals surface area contributed by atoms with Crippen molar-refractivity contribution in [2.45, 2.75) is 0 Å². The van der Waals surface area contributed by atoms with Crippen molar-refractivity contribution in [3.63, 3.8) is 0 Å². The van der Waals surface area contributed by atoms with Gasteiger partial charge in [-0.2, -0.15) is 0 Å². The molecule has 0 bridgehead atoms. The number of rotatable bonds is 2. The van der Waals surface area contributed by atoms with Crippen LogP contribution in [0.25, 0.3) is 0 Å². The Morgan fingerprint density at radius 3 is 2.16 bits per heavy atom. The van der Waals surface area contributed by atoms with Gasteiger partial charge in [-0.25, -0.2) is 13.2 Å². The van der Waals surface area contributed by atoms with Gasteiger partial charge in [0.15, 0.2) is 5.78 Å². The van der Waals surface area contributed by atoms with Crippen LogP contribution < -0.4 is 0 Å². The Balaban J connectivity index is 2.53. The first-order valence-corrected chi connectivity index (χ1v) is 6.21. The highest BCUT2D eigenvalue weighted by atomic mass is 79.9. The lowest BCUT2D eigenvalue weighted by atomic mass is 10.0. The predicted octanol–water partition coefficient (Wildman–Crippen LogP) is 4.75. The average Bonchev–Trinajstić information content (AvgIpc) is 2.31. The SMILES string of the molecule is O=C(c1cc(F)cc(F)c1)c1cc(Cl)c(Br)cc1F. The van der Waals surface area contributed by atoms with E-state index in [0.717, 1.165) is 24.3 Å². The van der Waals surface area contributed by atoms with Gasteiger partial charge in [0.2, 0.25) is 0 Å². The molecular formula is C13H5BrClF3O. The smallest absolute Gasteiger partial charge is 0.196 e. The van der Waals surface area contributed by atoms with Gasteiger partial charge < -0.3 is 0 Å². The third-order valence-corrected chi connectivity index (χ3v) is 3.58. The van der Waals surface area contributed by atoms with Gasteiger partial charge in [-0.1, -0.05) is 11.6 Å². The standard InChI is InChI=1S/C13H5BrClF3O/c14-10-5-12(18)9(4-11(10)15)13(19)6-1-7(16)3-8(17)2-6/h1-5H. The molecular weight excluding hydrogens is 344 g/mol. The third-order valence-electron chi connectivity index (χ3n) is 2.38. The molecule has 2 aromatic carbocycles. The molecule has 0 unspecified atom stereocenters. The highest BCUT2D eigenvalue weighted by Crippen LogP contribution is 2.27. The lowest BCUT2D eigenvalue weighted by Crippen LogP contribution is -2.05. The monoisotopic (exact) mass is 348 g/mol. The van der Waals surface area contributed by atoms with E-state index in [1.165, 1.54) is 0 Å². The van der Waals surface area contributed by atoms with Crippen molar-refractivity contribution in [1.29, 1.82) is 0 Å². The lowest BCUT2D eigenvalue weighted by molar-refractivity contribution is 0.103. The third kappa shape index (κ3) is 2.98. The van der Waals surface area contributed by atoms with Gasteiger partial charge >= 0.3 is 0 Å². The molecule has 6 heteroatoms. The summed E-state index contributed by atoms with van der Waals surface area (Å²) < 4.78 is 40.0. The fourth-order valence-corrected chi connectivity index (χ4v) is 2.02. The molecule has 0 saturated heterocycles.